The van der Waals surface area contributed by atoms with Gasteiger partial charge in [-0.3, -0.25) is 9.69 Å². The van der Waals surface area contributed by atoms with Gasteiger partial charge in [0.1, 0.15) is 11.5 Å². The van der Waals surface area contributed by atoms with Crippen molar-refractivity contribution >= 4 is 36.4 Å². The molecule has 200 valence electrons. The van der Waals surface area contributed by atoms with E-state index in [9.17, 15) is 4.79 Å². The Morgan fingerprint density at radius 3 is 2.22 bits per heavy atom. The second kappa shape index (κ2) is 16.0. The quantitative estimate of drug-likeness (QED) is 0.339. The molecule has 8 heteroatoms. The zero-order valence-electron chi connectivity index (χ0n) is 21.3. The molecule has 37 heavy (non-hydrogen) atoms. The number of anilines is 1. The van der Waals surface area contributed by atoms with Crippen LogP contribution in [0.3, 0.4) is 0 Å². The summed E-state index contributed by atoms with van der Waals surface area (Å²) in [4.78, 5) is 17.6. The number of halogens is 2. The first-order chi connectivity index (χ1) is 17.2. The molecule has 0 unspecified atom stereocenters. The lowest BCUT2D eigenvalue weighted by Crippen LogP contribution is -2.47. The largest absolute Gasteiger partial charge is 0.495 e. The lowest BCUT2D eigenvalue weighted by atomic mass is 10.1. The van der Waals surface area contributed by atoms with Gasteiger partial charge in [0, 0.05) is 39.1 Å². The maximum atomic E-state index is 12.8. The summed E-state index contributed by atoms with van der Waals surface area (Å²) in [7, 11) is 1.72. The Labute approximate surface area is 232 Å². The number of ether oxygens (including phenoxy) is 2. The minimum Gasteiger partial charge on any atom is -0.495 e. The van der Waals surface area contributed by atoms with Crippen molar-refractivity contribution in [1.82, 2.24) is 10.2 Å². The lowest BCUT2D eigenvalue weighted by Gasteiger charge is -2.36. The molecule has 1 N–H and O–H groups in total. The van der Waals surface area contributed by atoms with E-state index >= 15 is 0 Å². The fourth-order valence-electron chi connectivity index (χ4n) is 4.41. The van der Waals surface area contributed by atoms with E-state index in [4.69, 9.17) is 9.47 Å². The highest BCUT2D eigenvalue weighted by Gasteiger charge is 2.19. The number of carbonyl (C=O) groups is 1. The number of nitrogens with zero attached hydrogens (tertiary/aromatic N) is 2. The summed E-state index contributed by atoms with van der Waals surface area (Å²) in [6.07, 6.45) is 1.72. The number of methoxy groups -OCH3 is 1. The molecule has 1 amide bonds. The van der Waals surface area contributed by atoms with Crippen LogP contribution in [0.1, 0.15) is 22.3 Å². The number of hydrogen-bond acceptors (Lipinski definition) is 5. The molecule has 0 saturated carbocycles. The van der Waals surface area contributed by atoms with Crippen LogP contribution in [0, 0.1) is 0 Å². The zero-order valence-corrected chi connectivity index (χ0v) is 22.9. The van der Waals surface area contributed by atoms with Gasteiger partial charge in [-0.15, -0.1) is 24.8 Å². The molecule has 3 aromatic rings. The van der Waals surface area contributed by atoms with Crippen LogP contribution in [0.4, 0.5) is 5.69 Å². The van der Waals surface area contributed by atoms with Crippen LogP contribution in [0.15, 0.2) is 78.9 Å². The topological polar surface area (TPSA) is 54.0 Å². The highest BCUT2D eigenvalue weighted by atomic mass is 35.5. The van der Waals surface area contributed by atoms with E-state index in [0.29, 0.717) is 24.5 Å². The number of para-hydroxylation sites is 3. The molecule has 1 saturated heterocycles. The summed E-state index contributed by atoms with van der Waals surface area (Å²) in [6, 6.07) is 25.9. The van der Waals surface area contributed by atoms with E-state index in [1.807, 2.05) is 54.6 Å². The first kappa shape index (κ1) is 30.3. The first-order valence-electron chi connectivity index (χ1n) is 12.4. The van der Waals surface area contributed by atoms with Crippen molar-refractivity contribution in [1.29, 1.82) is 0 Å². The fourth-order valence-corrected chi connectivity index (χ4v) is 4.41. The molecule has 0 aliphatic carbocycles. The third-order valence-corrected chi connectivity index (χ3v) is 6.36. The molecular formula is C29H37Cl2N3O3. The fraction of sp³-hybridized carbons (Fsp3) is 0.345. The van der Waals surface area contributed by atoms with Gasteiger partial charge in [-0.05, 0) is 42.8 Å². The van der Waals surface area contributed by atoms with Crippen LogP contribution in [0.2, 0.25) is 0 Å². The standard InChI is InChI=1S/C29H35N3O3.2ClH/c1-34-28-15-8-6-13-26(28)32-21-19-31(20-22-32)18-9-17-30-29(33)25-12-5-7-14-27(25)35-23-16-24-10-3-2-4-11-24;;/h2-8,10-15H,9,16-23H2,1H3,(H,30,33);2*1H. The van der Waals surface area contributed by atoms with E-state index in [-0.39, 0.29) is 30.7 Å². The van der Waals surface area contributed by atoms with Gasteiger partial charge in [-0.25, -0.2) is 0 Å². The molecule has 3 aromatic carbocycles. The smallest absolute Gasteiger partial charge is 0.255 e. The van der Waals surface area contributed by atoms with Gasteiger partial charge in [0.25, 0.3) is 5.91 Å². The van der Waals surface area contributed by atoms with Crippen molar-refractivity contribution in [3.05, 3.63) is 90.0 Å². The van der Waals surface area contributed by atoms with Gasteiger partial charge in [0.05, 0.1) is 25.0 Å². The summed E-state index contributed by atoms with van der Waals surface area (Å²) in [5.74, 6) is 1.47. The van der Waals surface area contributed by atoms with Crippen LogP contribution in [-0.2, 0) is 6.42 Å². The number of rotatable bonds is 11. The van der Waals surface area contributed by atoms with E-state index < -0.39 is 0 Å². The average molecular weight is 547 g/mol. The predicted octanol–water partition coefficient (Wildman–Crippen LogP) is 5.10. The summed E-state index contributed by atoms with van der Waals surface area (Å²) in [6.45, 7) is 6.10. The van der Waals surface area contributed by atoms with Crippen LogP contribution in [0.25, 0.3) is 0 Å². The molecule has 0 spiro atoms. The van der Waals surface area contributed by atoms with E-state index in [2.05, 4.69) is 39.4 Å². The van der Waals surface area contributed by atoms with Crippen LogP contribution < -0.4 is 19.7 Å². The Morgan fingerprint density at radius 1 is 0.838 bits per heavy atom. The average Bonchev–Trinajstić information content (AvgIpc) is 2.92. The van der Waals surface area contributed by atoms with Crippen molar-refractivity contribution in [3.8, 4) is 11.5 Å². The third-order valence-electron chi connectivity index (χ3n) is 6.36. The van der Waals surface area contributed by atoms with E-state index in [1.54, 1.807) is 7.11 Å². The minimum atomic E-state index is -0.0821. The Kier molecular flexibility index (Phi) is 13.1. The molecule has 0 aromatic heterocycles. The molecule has 0 bridgehead atoms. The Morgan fingerprint density at radius 2 is 1.49 bits per heavy atom. The number of carbonyl (C=O) groups excluding carboxylic acids is 1. The monoisotopic (exact) mass is 545 g/mol. The summed E-state index contributed by atoms with van der Waals surface area (Å²) in [5.41, 5.74) is 2.97. The molecule has 1 aliphatic heterocycles. The predicted molar refractivity (Wildman–Crippen MR) is 155 cm³/mol. The first-order valence-corrected chi connectivity index (χ1v) is 12.4. The summed E-state index contributed by atoms with van der Waals surface area (Å²) in [5, 5.41) is 3.06. The third kappa shape index (κ3) is 8.85. The van der Waals surface area contributed by atoms with Gasteiger partial charge in [0.15, 0.2) is 0 Å². The molecule has 4 rings (SSSR count). The molecule has 0 radical (unpaired) electrons. The Hall–Kier alpha value is -2.93. The SMILES string of the molecule is COc1ccccc1N1CCN(CCCNC(=O)c2ccccc2OCCc2ccccc2)CC1.Cl.Cl. The van der Waals surface area contributed by atoms with Crippen LogP contribution >= 0.6 is 24.8 Å². The van der Waals surface area contributed by atoms with E-state index in [1.165, 1.54) is 5.56 Å². The van der Waals surface area contributed by atoms with Crippen LogP contribution in [0.5, 0.6) is 11.5 Å². The molecular weight excluding hydrogens is 509 g/mol. The molecule has 6 nitrogen and oxygen atoms in total. The van der Waals surface area contributed by atoms with Crippen molar-refractivity contribution in [3.63, 3.8) is 0 Å². The minimum absolute atomic E-state index is 0. The highest BCUT2D eigenvalue weighted by molar-refractivity contribution is 5.96. The lowest BCUT2D eigenvalue weighted by molar-refractivity contribution is 0.0947. The number of benzene rings is 3. The van der Waals surface area contributed by atoms with Crippen molar-refractivity contribution in [2.24, 2.45) is 0 Å². The van der Waals surface area contributed by atoms with Gasteiger partial charge in [-0.1, -0.05) is 54.6 Å². The van der Waals surface area contributed by atoms with E-state index in [0.717, 1.165) is 57.0 Å². The molecule has 1 fully saturated rings. The Balaban J connectivity index is 0.00000241. The summed E-state index contributed by atoms with van der Waals surface area (Å²) >= 11 is 0. The van der Waals surface area contributed by atoms with Gasteiger partial charge >= 0.3 is 0 Å². The molecule has 1 heterocycles. The zero-order chi connectivity index (χ0) is 24.3. The van der Waals surface area contributed by atoms with Gasteiger partial charge in [-0.2, -0.15) is 0 Å². The van der Waals surface area contributed by atoms with Crippen LogP contribution in [-0.4, -0.2) is 63.8 Å². The molecule has 1 aliphatic rings. The summed E-state index contributed by atoms with van der Waals surface area (Å²) < 4.78 is 11.5. The molecule has 0 atom stereocenters. The number of piperazine rings is 1. The van der Waals surface area contributed by atoms with Crippen molar-refractivity contribution < 1.29 is 14.3 Å². The number of hydrogen-bond donors (Lipinski definition) is 1. The van der Waals surface area contributed by atoms with Gasteiger partial charge < -0.3 is 19.7 Å². The number of amides is 1. The number of nitrogens with one attached hydrogen (secondary N) is 1. The van der Waals surface area contributed by atoms with Crippen molar-refractivity contribution in [2.45, 2.75) is 12.8 Å². The van der Waals surface area contributed by atoms with Crippen molar-refractivity contribution in [2.75, 3.05) is 57.9 Å². The highest BCUT2D eigenvalue weighted by Crippen LogP contribution is 2.28. The maximum Gasteiger partial charge on any atom is 0.255 e. The van der Waals surface area contributed by atoms with Gasteiger partial charge in [0.2, 0.25) is 0 Å². The maximum absolute atomic E-state index is 12.8. The Bertz CT molecular complexity index is 1080. The second-order valence-electron chi connectivity index (χ2n) is 8.69. The normalized spacial score (nSPS) is 13.2. The second-order valence-corrected chi connectivity index (χ2v) is 8.69.